The number of carbonyl (C=O) groups excluding carboxylic acids is 1. The number of aliphatic hydroxyl groups is 2. The van der Waals surface area contributed by atoms with E-state index in [1.165, 1.54) is 64.2 Å². The lowest BCUT2D eigenvalue weighted by atomic mass is 10.1. The number of ether oxygens (including phenoxy) is 2. The summed E-state index contributed by atoms with van der Waals surface area (Å²) in [4.78, 5) is 22.5. The predicted octanol–water partition coefficient (Wildman–Crippen LogP) is 10.6. The van der Waals surface area contributed by atoms with Crippen molar-refractivity contribution in [1.29, 1.82) is 0 Å². The van der Waals surface area contributed by atoms with Gasteiger partial charge in [0.15, 0.2) is 0 Å². The minimum atomic E-state index is -4.52. The number of hydrogen-bond acceptors (Lipinski definition) is 8. The first-order chi connectivity index (χ1) is 24.8. The monoisotopic (exact) mass is 743 g/mol. The van der Waals surface area contributed by atoms with Gasteiger partial charge in [0.05, 0.1) is 26.4 Å². The van der Waals surface area contributed by atoms with Gasteiger partial charge >= 0.3 is 13.8 Å². The highest BCUT2D eigenvalue weighted by Gasteiger charge is 2.26. The molecular formula is C41H75O9P. The van der Waals surface area contributed by atoms with Crippen LogP contribution in [0.15, 0.2) is 48.6 Å². The molecule has 0 rings (SSSR count). The molecule has 298 valence electrons. The Labute approximate surface area is 311 Å². The molecule has 0 aliphatic heterocycles. The highest BCUT2D eigenvalue weighted by molar-refractivity contribution is 7.47. The summed E-state index contributed by atoms with van der Waals surface area (Å²) in [6.45, 7) is 3.39. The first kappa shape index (κ1) is 49.4. The maximum absolute atomic E-state index is 12.6. The van der Waals surface area contributed by atoms with E-state index in [4.69, 9.17) is 23.6 Å². The lowest BCUT2D eigenvalue weighted by Gasteiger charge is -2.20. The predicted molar refractivity (Wildman–Crippen MR) is 210 cm³/mol. The molecule has 3 N–H and O–H groups in total. The zero-order valence-electron chi connectivity index (χ0n) is 32.3. The second-order valence-corrected chi connectivity index (χ2v) is 14.7. The maximum Gasteiger partial charge on any atom is 0.472 e. The van der Waals surface area contributed by atoms with Crippen molar-refractivity contribution in [3.05, 3.63) is 48.6 Å². The van der Waals surface area contributed by atoms with Crippen molar-refractivity contribution in [2.45, 2.75) is 174 Å². The SMILES string of the molecule is CCC/C=C\CCCCCCCCOCC(COP(=O)(O)OCC(O)CO)OC(=O)CCCCCCCC/C=C\C/C=C\C/C=C\CCCCC. The van der Waals surface area contributed by atoms with Crippen molar-refractivity contribution < 1.29 is 43.0 Å². The molecule has 0 saturated carbocycles. The Morgan fingerprint density at radius 2 is 1.10 bits per heavy atom. The van der Waals surface area contributed by atoms with Gasteiger partial charge in [0.25, 0.3) is 0 Å². The van der Waals surface area contributed by atoms with Crippen LogP contribution in [0.5, 0.6) is 0 Å². The number of phosphoric acid groups is 1. The first-order valence-corrected chi connectivity index (χ1v) is 21.6. The van der Waals surface area contributed by atoms with Crippen LogP contribution in [-0.4, -0.2) is 66.3 Å². The number of allylic oxidation sites excluding steroid dienone is 8. The Morgan fingerprint density at radius 1 is 0.608 bits per heavy atom. The van der Waals surface area contributed by atoms with E-state index in [1.807, 2.05) is 0 Å². The van der Waals surface area contributed by atoms with E-state index in [0.29, 0.717) is 13.0 Å². The largest absolute Gasteiger partial charge is 0.472 e. The molecule has 0 aromatic rings. The summed E-state index contributed by atoms with van der Waals surface area (Å²) in [7, 11) is -4.52. The third-order valence-electron chi connectivity index (χ3n) is 8.22. The third kappa shape index (κ3) is 38.0. The Hall–Kier alpha value is -1.58. The molecule has 0 heterocycles. The number of esters is 1. The molecule has 0 saturated heterocycles. The van der Waals surface area contributed by atoms with Crippen LogP contribution in [-0.2, 0) is 27.9 Å². The number of unbranched alkanes of at least 4 members (excludes halogenated alkanes) is 16. The summed E-state index contributed by atoms with van der Waals surface area (Å²) in [5, 5.41) is 18.3. The Morgan fingerprint density at radius 3 is 1.69 bits per heavy atom. The van der Waals surface area contributed by atoms with Gasteiger partial charge in [0.1, 0.15) is 12.2 Å². The van der Waals surface area contributed by atoms with Crippen molar-refractivity contribution in [3.8, 4) is 0 Å². The highest BCUT2D eigenvalue weighted by atomic mass is 31.2. The molecule has 51 heavy (non-hydrogen) atoms. The van der Waals surface area contributed by atoms with Crippen LogP contribution in [0.2, 0.25) is 0 Å². The smallest absolute Gasteiger partial charge is 0.457 e. The zero-order valence-corrected chi connectivity index (χ0v) is 33.2. The van der Waals surface area contributed by atoms with Crippen LogP contribution >= 0.6 is 7.82 Å². The molecule has 0 fully saturated rings. The summed E-state index contributed by atoms with van der Waals surface area (Å²) in [5.74, 6) is -0.400. The molecule has 10 heteroatoms. The fourth-order valence-corrected chi connectivity index (χ4v) is 5.92. The van der Waals surface area contributed by atoms with Crippen molar-refractivity contribution in [2.24, 2.45) is 0 Å². The van der Waals surface area contributed by atoms with Gasteiger partial charge in [-0.15, -0.1) is 0 Å². The van der Waals surface area contributed by atoms with Gasteiger partial charge < -0.3 is 24.6 Å². The summed E-state index contributed by atoms with van der Waals surface area (Å²) in [6.07, 6.45) is 40.6. The fraction of sp³-hybridized carbons (Fsp3) is 0.780. The van der Waals surface area contributed by atoms with Crippen LogP contribution in [0.3, 0.4) is 0 Å². The number of aliphatic hydroxyl groups excluding tert-OH is 2. The van der Waals surface area contributed by atoms with Crippen LogP contribution in [0.25, 0.3) is 0 Å². The van der Waals surface area contributed by atoms with Gasteiger partial charge in [-0.2, -0.15) is 0 Å². The number of carbonyl (C=O) groups is 1. The maximum atomic E-state index is 12.6. The van der Waals surface area contributed by atoms with Crippen LogP contribution in [0, 0.1) is 0 Å². The van der Waals surface area contributed by atoms with E-state index < -0.39 is 39.2 Å². The van der Waals surface area contributed by atoms with Gasteiger partial charge in [-0.05, 0) is 70.6 Å². The lowest BCUT2D eigenvalue weighted by molar-refractivity contribution is -0.154. The van der Waals surface area contributed by atoms with Gasteiger partial charge in [0, 0.05) is 13.0 Å². The standard InChI is InChI=1S/C41H75O9P/c1-3-5-7-9-11-13-15-16-17-18-19-20-21-22-23-25-27-29-31-33-41(44)50-40(38-49-51(45,46)48-36-39(43)35-42)37-47-34-32-30-28-26-24-14-12-10-8-6-4-2/h8,10-11,13,16-17,19-20,39-40,42-43H,3-7,9,12,14-15,18,21-38H2,1-2H3,(H,45,46)/b10-8-,13-11-,17-16-,20-19-. The average Bonchev–Trinajstić information content (AvgIpc) is 3.12. The first-order valence-electron chi connectivity index (χ1n) is 20.1. The van der Waals surface area contributed by atoms with Crippen molar-refractivity contribution in [1.82, 2.24) is 0 Å². The van der Waals surface area contributed by atoms with Crippen LogP contribution in [0.4, 0.5) is 0 Å². The molecule has 3 unspecified atom stereocenters. The number of rotatable bonds is 38. The third-order valence-corrected chi connectivity index (χ3v) is 9.17. The van der Waals surface area contributed by atoms with E-state index in [0.717, 1.165) is 70.6 Å². The van der Waals surface area contributed by atoms with E-state index in [-0.39, 0.29) is 19.6 Å². The van der Waals surface area contributed by atoms with Gasteiger partial charge in [-0.1, -0.05) is 133 Å². The topological polar surface area (TPSA) is 132 Å². The van der Waals surface area contributed by atoms with Crippen molar-refractivity contribution >= 4 is 13.8 Å². The summed E-state index contributed by atoms with van der Waals surface area (Å²) in [5.41, 5.74) is 0. The van der Waals surface area contributed by atoms with E-state index in [2.05, 4.69) is 62.5 Å². The molecule has 0 aliphatic carbocycles. The Balaban J connectivity index is 4.22. The van der Waals surface area contributed by atoms with Gasteiger partial charge in [0.2, 0.25) is 0 Å². The molecular weight excluding hydrogens is 667 g/mol. The summed E-state index contributed by atoms with van der Waals surface area (Å²) >= 11 is 0. The Kier molecular flexibility index (Phi) is 37.0. The van der Waals surface area contributed by atoms with E-state index in [1.54, 1.807) is 0 Å². The van der Waals surface area contributed by atoms with Crippen LogP contribution in [0.1, 0.15) is 162 Å². The minimum Gasteiger partial charge on any atom is -0.457 e. The average molecular weight is 743 g/mol. The molecule has 0 aromatic heterocycles. The zero-order chi connectivity index (χ0) is 37.5. The molecule has 0 aliphatic rings. The number of phosphoric ester groups is 1. The minimum absolute atomic E-state index is 0.0381. The molecule has 9 nitrogen and oxygen atoms in total. The summed E-state index contributed by atoms with van der Waals surface area (Å²) in [6, 6.07) is 0. The molecule has 0 radical (unpaired) electrons. The molecule has 0 spiro atoms. The second-order valence-electron chi connectivity index (χ2n) is 13.3. The molecule has 0 amide bonds. The van der Waals surface area contributed by atoms with Crippen molar-refractivity contribution in [2.75, 3.05) is 33.0 Å². The quantitative estimate of drug-likeness (QED) is 0.0245. The number of hydrogen-bond donors (Lipinski definition) is 3. The highest BCUT2D eigenvalue weighted by Crippen LogP contribution is 2.43. The van der Waals surface area contributed by atoms with E-state index in [9.17, 15) is 19.4 Å². The normalized spacial score (nSPS) is 14.7. The van der Waals surface area contributed by atoms with Gasteiger partial charge in [-0.3, -0.25) is 13.8 Å². The van der Waals surface area contributed by atoms with Gasteiger partial charge in [-0.25, -0.2) is 4.57 Å². The Bertz CT molecular complexity index is 934. The summed E-state index contributed by atoms with van der Waals surface area (Å²) < 4.78 is 33.2. The van der Waals surface area contributed by atoms with Crippen LogP contribution < -0.4 is 0 Å². The fourth-order valence-electron chi connectivity index (χ4n) is 5.13. The molecule has 3 atom stereocenters. The second kappa shape index (κ2) is 38.2. The van der Waals surface area contributed by atoms with E-state index >= 15 is 0 Å². The molecule has 0 aromatic carbocycles. The lowest BCUT2D eigenvalue weighted by Crippen LogP contribution is -2.29. The molecule has 0 bridgehead atoms. The van der Waals surface area contributed by atoms with Crippen molar-refractivity contribution in [3.63, 3.8) is 0 Å².